The average Bonchev–Trinajstić information content (AvgIpc) is 2.96. The van der Waals surface area contributed by atoms with E-state index in [1.54, 1.807) is 31.2 Å². The highest BCUT2D eigenvalue weighted by atomic mass is 79.9. The number of nitriles is 3. The van der Waals surface area contributed by atoms with Crippen molar-refractivity contribution in [2.24, 2.45) is 16.7 Å². The third-order valence-corrected chi connectivity index (χ3v) is 6.85. The van der Waals surface area contributed by atoms with E-state index in [1.807, 2.05) is 18.2 Å². The van der Waals surface area contributed by atoms with Gasteiger partial charge in [0.25, 0.3) is 5.69 Å². The molecule has 158 valence electrons. The zero-order valence-electron chi connectivity index (χ0n) is 16.6. The maximum Gasteiger partial charge on any atom is 0.269 e. The van der Waals surface area contributed by atoms with Gasteiger partial charge in [0.05, 0.1) is 29.0 Å². The number of hydrogen-bond donors (Lipinski definition) is 1. The zero-order chi connectivity index (χ0) is 23.3. The Hall–Kier alpha value is -3.78. The Morgan fingerprint density at radius 3 is 2.16 bits per heavy atom. The van der Waals surface area contributed by atoms with Crippen LogP contribution in [0.25, 0.3) is 0 Å². The van der Waals surface area contributed by atoms with Crippen molar-refractivity contribution in [3.8, 4) is 18.2 Å². The molecule has 0 spiro atoms. The van der Waals surface area contributed by atoms with Gasteiger partial charge in [-0.25, -0.2) is 0 Å². The Bertz CT molecular complexity index is 1240. The second-order valence-corrected chi connectivity index (χ2v) is 8.54. The van der Waals surface area contributed by atoms with E-state index in [1.165, 1.54) is 24.3 Å². The Balaban J connectivity index is 2.00. The van der Waals surface area contributed by atoms with Gasteiger partial charge >= 0.3 is 0 Å². The molecule has 0 saturated carbocycles. The molecule has 0 radical (unpaired) electrons. The van der Waals surface area contributed by atoms with E-state index in [9.17, 15) is 25.9 Å². The highest BCUT2D eigenvalue weighted by Gasteiger charge is 2.79. The number of rotatable bonds is 3. The molecule has 2 saturated heterocycles. The van der Waals surface area contributed by atoms with Crippen LogP contribution in [0.3, 0.4) is 0 Å². The van der Waals surface area contributed by atoms with Gasteiger partial charge in [-0.2, -0.15) is 15.8 Å². The van der Waals surface area contributed by atoms with Crippen molar-refractivity contribution in [3.63, 3.8) is 0 Å². The number of ether oxygens (including phenoxy) is 2. The molecule has 10 heteroatoms. The van der Waals surface area contributed by atoms with Gasteiger partial charge < -0.3 is 9.47 Å². The van der Waals surface area contributed by atoms with Crippen molar-refractivity contribution in [3.05, 3.63) is 74.2 Å². The molecule has 32 heavy (non-hydrogen) atoms. The number of fused-ring (bicyclic) bond motifs is 2. The van der Waals surface area contributed by atoms with E-state index in [0.29, 0.717) is 5.56 Å². The smallest absolute Gasteiger partial charge is 0.269 e. The van der Waals surface area contributed by atoms with E-state index < -0.39 is 39.5 Å². The first-order valence-corrected chi connectivity index (χ1v) is 10.2. The van der Waals surface area contributed by atoms with Crippen molar-refractivity contribution in [2.45, 2.75) is 18.8 Å². The predicted molar refractivity (Wildman–Crippen MR) is 112 cm³/mol. The second-order valence-electron chi connectivity index (χ2n) is 7.63. The van der Waals surface area contributed by atoms with Crippen LogP contribution in [0.4, 0.5) is 5.69 Å². The third kappa shape index (κ3) is 2.47. The Labute approximate surface area is 191 Å². The van der Waals surface area contributed by atoms with Gasteiger partial charge in [-0.15, -0.1) is 0 Å². The topological polar surface area (TPSA) is 157 Å². The molecule has 4 rings (SSSR count). The van der Waals surface area contributed by atoms with Crippen LogP contribution >= 0.6 is 15.9 Å². The molecule has 4 atom stereocenters. The number of nitrogens with zero attached hydrogens (tertiary/aromatic N) is 4. The van der Waals surface area contributed by atoms with Crippen molar-refractivity contribution in [2.75, 3.05) is 0 Å². The second kappa shape index (κ2) is 7.13. The summed E-state index contributed by atoms with van der Waals surface area (Å²) in [6.07, 6.45) is -1.32. The summed E-state index contributed by atoms with van der Waals surface area (Å²) in [6, 6.07) is 18.1. The van der Waals surface area contributed by atoms with Crippen molar-refractivity contribution >= 4 is 27.5 Å². The SMILES string of the molecule is CC1C2(c3ccc(Br)cc3)OC(=N)C1(C#N)C(C#N)(C#N)C(c1ccc([N+](=O)[O-])cc1)O2. The summed E-state index contributed by atoms with van der Waals surface area (Å²) in [5.41, 5.74) is -3.46. The maximum atomic E-state index is 11.1. The Morgan fingerprint density at radius 1 is 1.06 bits per heavy atom. The van der Waals surface area contributed by atoms with Crippen LogP contribution in [0.15, 0.2) is 53.0 Å². The van der Waals surface area contributed by atoms with Crippen LogP contribution in [0.2, 0.25) is 0 Å². The fourth-order valence-corrected chi connectivity index (χ4v) is 4.89. The number of halogens is 1. The molecule has 2 aromatic carbocycles. The van der Waals surface area contributed by atoms with Gasteiger partial charge in [-0.3, -0.25) is 15.5 Å². The first-order valence-electron chi connectivity index (χ1n) is 9.42. The molecular weight excluding hydrogens is 478 g/mol. The first-order chi connectivity index (χ1) is 15.2. The molecule has 2 aliphatic rings. The molecule has 1 N–H and O–H groups in total. The maximum absolute atomic E-state index is 11.1. The monoisotopic (exact) mass is 491 g/mol. The summed E-state index contributed by atoms with van der Waals surface area (Å²) in [4.78, 5) is 10.5. The highest BCUT2D eigenvalue weighted by Crippen LogP contribution is 2.68. The summed E-state index contributed by atoms with van der Waals surface area (Å²) in [7, 11) is 0. The minimum absolute atomic E-state index is 0.179. The zero-order valence-corrected chi connectivity index (χ0v) is 18.2. The predicted octanol–water partition coefficient (Wildman–Crippen LogP) is 4.47. The quantitative estimate of drug-likeness (QED) is 0.489. The summed E-state index contributed by atoms with van der Waals surface area (Å²) in [5.74, 6) is -3.03. The van der Waals surface area contributed by atoms with Gasteiger partial charge in [0.15, 0.2) is 5.41 Å². The van der Waals surface area contributed by atoms with E-state index in [4.69, 9.17) is 14.9 Å². The van der Waals surface area contributed by atoms with Crippen LogP contribution < -0.4 is 0 Å². The minimum atomic E-state index is -2.14. The molecule has 2 fully saturated rings. The van der Waals surface area contributed by atoms with Gasteiger partial charge in [0, 0.05) is 22.2 Å². The minimum Gasteiger partial charge on any atom is -0.443 e. The van der Waals surface area contributed by atoms with Crippen LogP contribution in [0.5, 0.6) is 0 Å². The molecule has 9 nitrogen and oxygen atoms in total. The molecular formula is C22H14BrN5O4. The standard InChI is InChI=1S/C22H14BrN5O4/c1-13-21(12-26)19(27)32-22(13,15-4-6-16(23)7-5-15)31-18(20(21,10-24)11-25)14-2-8-17(9-3-14)28(29)30/h2-9,13,18,27H,1H3. The lowest BCUT2D eigenvalue weighted by molar-refractivity contribution is -0.384. The lowest BCUT2D eigenvalue weighted by atomic mass is 9.53. The van der Waals surface area contributed by atoms with Gasteiger partial charge in [0.1, 0.15) is 6.10 Å². The first kappa shape index (κ1) is 21.5. The summed E-state index contributed by atoms with van der Waals surface area (Å²) in [6.45, 7) is 1.61. The van der Waals surface area contributed by atoms with E-state index in [-0.39, 0.29) is 11.3 Å². The number of hydrogen-bond acceptors (Lipinski definition) is 8. The van der Waals surface area contributed by atoms with Gasteiger partial charge in [-0.05, 0) is 29.8 Å². The fourth-order valence-electron chi connectivity index (χ4n) is 4.62. The highest BCUT2D eigenvalue weighted by molar-refractivity contribution is 9.10. The van der Waals surface area contributed by atoms with Crippen molar-refractivity contribution in [1.82, 2.24) is 0 Å². The van der Waals surface area contributed by atoms with Crippen LogP contribution in [-0.2, 0) is 15.3 Å². The van der Waals surface area contributed by atoms with Gasteiger partial charge in [-0.1, -0.05) is 35.0 Å². The van der Waals surface area contributed by atoms with E-state index >= 15 is 0 Å². The van der Waals surface area contributed by atoms with Gasteiger partial charge in [0.2, 0.25) is 17.1 Å². The molecule has 2 bridgehead atoms. The number of benzene rings is 2. The van der Waals surface area contributed by atoms with Crippen molar-refractivity contribution < 1.29 is 14.4 Å². The summed E-state index contributed by atoms with van der Waals surface area (Å²) < 4.78 is 13.0. The lowest BCUT2D eigenvalue weighted by Crippen LogP contribution is -2.57. The molecule has 2 aromatic rings. The van der Waals surface area contributed by atoms with Crippen LogP contribution in [0.1, 0.15) is 24.2 Å². The van der Waals surface area contributed by atoms with Crippen LogP contribution in [0, 0.1) is 66.3 Å². The third-order valence-electron chi connectivity index (χ3n) is 6.32. The number of nitrogens with one attached hydrogen (secondary N) is 1. The Morgan fingerprint density at radius 2 is 1.66 bits per heavy atom. The fraction of sp³-hybridized carbons (Fsp3) is 0.273. The average molecular weight is 492 g/mol. The molecule has 0 aliphatic carbocycles. The molecule has 2 heterocycles. The number of nitro groups is 1. The molecule has 0 aromatic heterocycles. The Kier molecular flexibility index (Phi) is 4.78. The summed E-state index contributed by atoms with van der Waals surface area (Å²) in [5, 5.41) is 50.3. The van der Waals surface area contributed by atoms with Crippen molar-refractivity contribution in [1.29, 1.82) is 21.2 Å². The number of nitro benzene ring substituents is 1. The molecule has 4 unspecified atom stereocenters. The normalized spacial score (nSPS) is 29.8. The number of non-ortho nitro benzene ring substituents is 1. The van der Waals surface area contributed by atoms with E-state index in [0.717, 1.165) is 4.47 Å². The molecule has 0 amide bonds. The lowest BCUT2D eigenvalue weighted by Gasteiger charge is -2.48. The summed E-state index contributed by atoms with van der Waals surface area (Å²) >= 11 is 3.36. The van der Waals surface area contributed by atoms with E-state index in [2.05, 4.69) is 15.9 Å². The molecule has 2 aliphatic heterocycles. The largest absolute Gasteiger partial charge is 0.443 e. The van der Waals surface area contributed by atoms with Crippen LogP contribution in [-0.4, -0.2) is 10.8 Å².